The maximum absolute atomic E-state index is 12.1. The van der Waals surface area contributed by atoms with Gasteiger partial charge in [0.15, 0.2) is 8.29 Å². The number of halogens is 1. The lowest BCUT2D eigenvalue weighted by molar-refractivity contribution is -0.118. The second-order valence-electron chi connectivity index (χ2n) is 6.27. The number of nitrogens with zero attached hydrogens (tertiary/aromatic N) is 3. The Balaban J connectivity index is 1.41. The summed E-state index contributed by atoms with van der Waals surface area (Å²) in [6.07, 6.45) is 0.881. The van der Waals surface area contributed by atoms with Crippen LogP contribution in [0.2, 0.25) is 5.02 Å². The molecule has 2 aromatic carbocycles. The van der Waals surface area contributed by atoms with Crippen LogP contribution in [0.3, 0.4) is 0 Å². The van der Waals surface area contributed by atoms with E-state index in [1.165, 1.54) is 28.8 Å². The molecule has 0 bridgehead atoms. The monoisotopic (exact) mass is 464 g/mol. The fourth-order valence-electron chi connectivity index (χ4n) is 2.60. The van der Waals surface area contributed by atoms with E-state index in [-0.39, 0.29) is 5.91 Å². The van der Waals surface area contributed by atoms with E-state index < -0.39 is 0 Å². The molecular formula is C20H21ClN4OS3. The zero-order valence-corrected chi connectivity index (χ0v) is 19.1. The van der Waals surface area contributed by atoms with Gasteiger partial charge in [0.05, 0.1) is 11.4 Å². The van der Waals surface area contributed by atoms with Gasteiger partial charge in [0.1, 0.15) is 0 Å². The molecule has 5 nitrogen and oxygen atoms in total. The first-order valence-corrected chi connectivity index (χ1v) is 11.6. The van der Waals surface area contributed by atoms with Gasteiger partial charge in [-0.05, 0) is 55.0 Å². The van der Waals surface area contributed by atoms with E-state index >= 15 is 0 Å². The number of carbonyl (C=O) groups is 1. The third kappa shape index (κ3) is 6.57. The van der Waals surface area contributed by atoms with Gasteiger partial charge in [-0.1, -0.05) is 52.9 Å². The molecule has 0 aliphatic heterocycles. The number of hydrogen-bond donors (Lipinski definition) is 1. The minimum atomic E-state index is -0.00322. The van der Waals surface area contributed by atoms with Crippen molar-refractivity contribution in [3.05, 3.63) is 63.6 Å². The van der Waals surface area contributed by atoms with Crippen LogP contribution in [0.1, 0.15) is 6.42 Å². The molecule has 1 amide bonds. The number of rotatable bonds is 9. The zero-order valence-electron chi connectivity index (χ0n) is 15.9. The van der Waals surface area contributed by atoms with Crippen LogP contribution in [0.5, 0.6) is 0 Å². The van der Waals surface area contributed by atoms with Crippen LogP contribution >= 0.6 is 46.9 Å². The molecule has 9 heteroatoms. The Labute approximate surface area is 188 Å². The fraction of sp³-hybridized carbons (Fsp3) is 0.250. The van der Waals surface area contributed by atoms with Crippen molar-refractivity contribution in [2.75, 3.05) is 30.8 Å². The SMILES string of the molecule is CN(CCCNC(=O)CSc1nn(-c2ccc(Cl)cc2)c(=S)s1)c1ccccc1. The molecule has 0 aliphatic carbocycles. The van der Waals surface area contributed by atoms with Gasteiger partial charge in [0.2, 0.25) is 5.91 Å². The van der Waals surface area contributed by atoms with Crippen LogP contribution in [-0.4, -0.2) is 41.6 Å². The average molecular weight is 465 g/mol. The van der Waals surface area contributed by atoms with E-state index in [0.717, 1.165) is 23.0 Å². The number of thioether (sulfide) groups is 1. The van der Waals surface area contributed by atoms with Crippen molar-refractivity contribution >= 4 is 58.5 Å². The molecule has 0 atom stereocenters. The Hall–Kier alpha value is -1.87. The highest BCUT2D eigenvalue weighted by molar-refractivity contribution is 8.01. The number of aromatic nitrogens is 2. The molecule has 1 heterocycles. The first-order valence-electron chi connectivity index (χ1n) is 9.05. The maximum Gasteiger partial charge on any atom is 0.230 e. The van der Waals surface area contributed by atoms with E-state index in [4.69, 9.17) is 23.8 Å². The lowest BCUT2D eigenvalue weighted by Crippen LogP contribution is -2.29. The summed E-state index contributed by atoms with van der Waals surface area (Å²) < 4.78 is 3.10. The Kier molecular flexibility index (Phi) is 8.11. The van der Waals surface area contributed by atoms with Gasteiger partial charge in [0.25, 0.3) is 0 Å². The molecular weight excluding hydrogens is 444 g/mol. The largest absolute Gasteiger partial charge is 0.375 e. The summed E-state index contributed by atoms with van der Waals surface area (Å²) in [5, 5.41) is 8.12. The van der Waals surface area contributed by atoms with E-state index in [9.17, 15) is 4.79 Å². The van der Waals surface area contributed by atoms with Crippen LogP contribution in [-0.2, 0) is 4.79 Å². The Bertz CT molecular complexity index is 989. The van der Waals surface area contributed by atoms with Crippen molar-refractivity contribution in [2.24, 2.45) is 0 Å². The predicted molar refractivity (Wildman–Crippen MR) is 125 cm³/mol. The van der Waals surface area contributed by atoms with Gasteiger partial charge in [-0.3, -0.25) is 4.79 Å². The highest BCUT2D eigenvalue weighted by Crippen LogP contribution is 2.24. The van der Waals surface area contributed by atoms with Gasteiger partial charge in [-0.15, -0.1) is 5.10 Å². The second-order valence-corrected chi connectivity index (χ2v) is 9.55. The highest BCUT2D eigenvalue weighted by atomic mass is 35.5. The van der Waals surface area contributed by atoms with Crippen LogP contribution < -0.4 is 10.2 Å². The molecule has 0 unspecified atom stereocenters. The van der Waals surface area contributed by atoms with Crippen LogP contribution in [0.15, 0.2) is 58.9 Å². The Morgan fingerprint density at radius 2 is 1.97 bits per heavy atom. The van der Waals surface area contributed by atoms with Gasteiger partial charge < -0.3 is 10.2 Å². The van der Waals surface area contributed by atoms with Crippen molar-refractivity contribution in [3.8, 4) is 5.69 Å². The molecule has 1 aromatic heterocycles. The van der Waals surface area contributed by atoms with Crippen molar-refractivity contribution in [3.63, 3.8) is 0 Å². The smallest absolute Gasteiger partial charge is 0.230 e. The highest BCUT2D eigenvalue weighted by Gasteiger charge is 2.09. The second kappa shape index (κ2) is 10.8. The molecule has 0 saturated carbocycles. The van der Waals surface area contributed by atoms with E-state index in [1.807, 2.05) is 30.3 Å². The van der Waals surface area contributed by atoms with Crippen LogP contribution in [0, 0.1) is 3.95 Å². The molecule has 0 fully saturated rings. The zero-order chi connectivity index (χ0) is 20.6. The Morgan fingerprint density at radius 1 is 1.24 bits per heavy atom. The predicted octanol–water partition coefficient (Wildman–Crippen LogP) is 5.05. The number of para-hydroxylation sites is 1. The number of hydrogen-bond acceptors (Lipinski definition) is 6. The van der Waals surface area contributed by atoms with Crippen molar-refractivity contribution < 1.29 is 4.79 Å². The maximum atomic E-state index is 12.1. The fourth-order valence-corrected chi connectivity index (χ4v) is 4.92. The van der Waals surface area contributed by atoms with Crippen molar-refractivity contribution in [1.82, 2.24) is 15.1 Å². The summed E-state index contributed by atoms with van der Waals surface area (Å²) >= 11 is 14.1. The lowest BCUT2D eigenvalue weighted by Gasteiger charge is -2.19. The topological polar surface area (TPSA) is 50.2 Å². The number of carbonyl (C=O) groups excluding carboxylic acids is 1. The van der Waals surface area contributed by atoms with Gasteiger partial charge >= 0.3 is 0 Å². The van der Waals surface area contributed by atoms with E-state index in [1.54, 1.807) is 16.8 Å². The number of benzene rings is 2. The summed E-state index contributed by atoms with van der Waals surface area (Å²) in [6, 6.07) is 17.5. The molecule has 0 spiro atoms. The standard InChI is InChI=1S/C20H21ClN4OS3/c1-24(16-6-3-2-4-7-16)13-5-12-22-18(26)14-28-19-23-25(20(27)29-19)17-10-8-15(21)9-11-17/h2-4,6-11H,5,12-14H2,1H3,(H,22,26). The minimum Gasteiger partial charge on any atom is -0.375 e. The summed E-state index contributed by atoms with van der Waals surface area (Å²) in [7, 11) is 2.05. The third-order valence-electron chi connectivity index (χ3n) is 4.12. The molecule has 1 N–H and O–H groups in total. The van der Waals surface area contributed by atoms with Crippen molar-refractivity contribution in [2.45, 2.75) is 10.8 Å². The molecule has 0 saturated heterocycles. The average Bonchev–Trinajstić information content (AvgIpc) is 3.11. The molecule has 29 heavy (non-hydrogen) atoms. The summed E-state index contributed by atoms with van der Waals surface area (Å²) in [4.78, 5) is 14.3. The normalized spacial score (nSPS) is 10.7. The quantitative estimate of drug-likeness (QED) is 0.273. The molecule has 152 valence electrons. The summed E-state index contributed by atoms with van der Waals surface area (Å²) in [6.45, 7) is 1.52. The lowest BCUT2D eigenvalue weighted by atomic mass is 10.3. The van der Waals surface area contributed by atoms with Crippen LogP contribution in [0.4, 0.5) is 5.69 Å². The summed E-state index contributed by atoms with van der Waals surface area (Å²) in [5.74, 6) is 0.314. The minimum absolute atomic E-state index is 0.00322. The third-order valence-corrected chi connectivity index (χ3v) is 6.73. The van der Waals surface area contributed by atoms with E-state index in [0.29, 0.717) is 21.3 Å². The first kappa shape index (κ1) is 21.8. The Morgan fingerprint density at radius 3 is 2.69 bits per heavy atom. The molecule has 0 aliphatic rings. The number of amides is 1. The van der Waals surface area contributed by atoms with Crippen molar-refractivity contribution in [1.29, 1.82) is 0 Å². The van der Waals surface area contributed by atoms with Gasteiger partial charge in [-0.25, -0.2) is 4.68 Å². The van der Waals surface area contributed by atoms with Gasteiger partial charge in [0, 0.05) is 30.8 Å². The van der Waals surface area contributed by atoms with E-state index in [2.05, 4.69) is 34.5 Å². The number of nitrogens with one attached hydrogen (secondary N) is 1. The number of anilines is 1. The first-order chi connectivity index (χ1) is 14.0. The molecule has 3 aromatic rings. The summed E-state index contributed by atoms with van der Waals surface area (Å²) in [5.41, 5.74) is 2.03. The molecule has 3 rings (SSSR count). The van der Waals surface area contributed by atoms with Crippen LogP contribution in [0.25, 0.3) is 5.69 Å². The van der Waals surface area contributed by atoms with Gasteiger partial charge in [-0.2, -0.15) is 0 Å². The molecule has 0 radical (unpaired) electrons.